The highest BCUT2D eigenvalue weighted by molar-refractivity contribution is 5.13. The van der Waals surface area contributed by atoms with Crippen LogP contribution in [0.1, 0.15) is 25.1 Å². The molecule has 0 radical (unpaired) electrons. The SMILES string of the molecule is CC(N)c1ccn(C(F)F)c1. The molecule has 0 aliphatic rings. The lowest BCUT2D eigenvalue weighted by molar-refractivity contribution is 0.0705. The van der Waals surface area contributed by atoms with Gasteiger partial charge in [-0.25, -0.2) is 0 Å². The summed E-state index contributed by atoms with van der Waals surface area (Å²) in [5.41, 5.74) is 6.20. The summed E-state index contributed by atoms with van der Waals surface area (Å²) < 4.78 is 24.8. The van der Waals surface area contributed by atoms with Crippen LogP contribution in [0.4, 0.5) is 8.78 Å². The van der Waals surface area contributed by atoms with Gasteiger partial charge in [-0.05, 0) is 18.6 Å². The third-order valence-electron chi connectivity index (χ3n) is 1.49. The van der Waals surface area contributed by atoms with Crippen LogP contribution in [0.25, 0.3) is 0 Å². The second-order valence-corrected chi connectivity index (χ2v) is 2.46. The highest BCUT2D eigenvalue weighted by Crippen LogP contribution is 2.15. The second-order valence-electron chi connectivity index (χ2n) is 2.46. The molecule has 0 aliphatic carbocycles. The third kappa shape index (κ3) is 1.77. The maximum atomic E-state index is 12.0. The lowest BCUT2D eigenvalue weighted by Crippen LogP contribution is -2.03. The van der Waals surface area contributed by atoms with E-state index in [2.05, 4.69) is 0 Å². The van der Waals surface area contributed by atoms with Crippen LogP contribution in [-0.2, 0) is 0 Å². The van der Waals surface area contributed by atoms with E-state index in [-0.39, 0.29) is 6.04 Å². The molecule has 1 heterocycles. The van der Waals surface area contributed by atoms with Crippen molar-refractivity contribution in [1.82, 2.24) is 4.57 Å². The van der Waals surface area contributed by atoms with Crippen molar-refractivity contribution in [3.63, 3.8) is 0 Å². The van der Waals surface area contributed by atoms with Gasteiger partial charge in [0.2, 0.25) is 0 Å². The summed E-state index contributed by atoms with van der Waals surface area (Å²) in [6.07, 6.45) is 2.68. The molecule has 1 atom stereocenters. The number of aromatic nitrogens is 1. The average molecular weight is 160 g/mol. The van der Waals surface area contributed by atoms with Gasteiger partial charge in [-0.3, -0.25) is 4.57 Å². The summed E-state index contributed by atoms with van der Waals surface area (Å²) in [6.45, 7) is -0.715. The molecule has 1 unspecified atom stereocenters. The number of halogens is 2. The molecule has 1 rings (SSSR count). The lowest BCUT2D eigenvalue weighted by Gasteiger charge is -2.00. The normalized spacial score (nSPS) is 13.9. The molecule has 0 bridgehead atoms. The number of hydrogen-bond acceptors (Lipinski definition) is 1. The van der Waals surface area contributed by atoms with E-state index in [1.807, 2.05) is 0 Å². The van der Waals surface area contributed by atoms with Crippen molar-refractivity contribution in [2.75, 3.05) is 0 Å². The van der Waals surface area contributed by atoms with E-state index in [9.17, 15) is 8.78 Å². The van der Waals surface area contributed by atoms with Gasteiger partial charge in [0.1, 0.15) is 0 Å². The van der Waals surface area contributed by atoms with Gasteiger partial charge >= 0.3 is 6.55 Å². The fourth-order valence-electron chi connectivity index (χ4n) is 0.821. The lowest BCUT2D eigenvalue weighted by atomic mass is 10.2. The van der Waals surface area contributed by atoms with Crippen molar-refractivity contribution in [2.24, 2.45) is 5.73 Å². The molecular weight excluding hydrogens is 150 g/mol. The fourth-order valence-corrected chi connectivity index (χ4v) is 0.821. The van der Waals surface area contributed by atoms with Gasteiger partial charge in [-0.15, -0.1) is 0 Å². The predicted molar refractivity (Wildman–Crippen MR) is 38.3 cm³/mol. The first-order chi connectivity index (χ1) is 5.11. The molecule has 11 heavy (non-hydrogen) atoms. The predicted octanol–water partition coefficient (Wildman–Crippen LogP) is 1.90. The van der Waals surface area contributed by atoms with E-state index in [4.69, 9.17) is 5.73 Å². The zero-order valence-electron chi connectivity index (χ0n) is 6.17. The van der Waals surface area contributed by atoms with Crippen molar-refractivity contribution in [2.45, 2.75) is 19.5 Å². The first kappa shape index (κ1) is 8.20. The third-order valence-corrected chi connectivity index (χ3v) is 1.49. The summed E-state index contributed by atoms with van der Waals surface area (Å²) in [5.74, 6) is 0. The molecule has 0 aromatic carbocycles. The van der Waals surface area contributed by atoms with Crippen molar-refractivity contribution >= 4 is 0 Å². The van der Waals surface area contributed by atoms with E-state index < -0.39 is 6.55 Å². The van der Waals surface area contributed by atoms with E-state index >= 15 is 0 Å². The topological polar surface area (TPSA) is 30.9 Å². The summed E-state index contributed by atoms with van der Waals surface area (Å²) in [5, 5.41) is 0. The number of alkyl halides is 2. The van der Waals surface area contributed by atoms with Gasteiger partial charge in [0.15, 0.2) is 0 Å². The minimum Gasteiger partial charge on any atom is -0.324 e. The molecule has 0 fully saturated rings. The maximum Gasteiger partial charge on any atom is 0.318 e. The molecule has 2 N–H and O–H groups in total. The number of nitrogens with two attached hydrogens (primary N) is 1. The first-order valence-corrected chi connectivity index (χ1v) is 3.32. The molecule has 0 spiro atoms. The zero-order valence-corrected chi connectivity index (χ0v) is 6.17. The van der Waals surface area contributed by atoms with Crippen molar-refractivity contribution in [3.05, 3.63) is 24.0 Å². The Morgan fingerprint density at radius 1 is 1.55 bits per heavy atom. The number of rotatable bonds is 2. The Balaban J connectivity index is 2.82. The van der Waals surface area contributed by atoms with Crippen LogP contribution in [0.2, 0.25) is 0 Å². The minimum absolute atomic E-state index is 0.185. The van der Waals surface area contributed by atoms with Crippen LogP contribution < -0.4 is 5.73 Å². The molecule has 4 heteroatoms. The highest BCUT2D eigenvalue weighted by atomic mass is 19.3. The van der Waals surface area contributed by atoms with Crippen molar-refractivity contribution < 1.29 is 8.78 Å². The van der Waals surface area contributed by atoms with Gasteiger partial charge in [-0.2, -0.15) is 8.78 Å². The van der Waals surface area contributed by atoms with Gasteiger partial charge < -0.3 is 5.73 Å². The monoisotopic (exact) mass is 160 g/mol. The quantitative estimate of drug-likeness (QED) is 0.703. The highest BCUT2D eigenvalue weighted by Gasteiger charge is 2.06. The molecular formula is C7H10F2N2. The Hall–Kier alpha value is -0.900. The summed E-state index contributed by atoms with van der Waals surface area (Å²) in [6, 6.07) is 1.41. The smallest absolute Gasteiger partial charge is 0.318 e. The van der Waals surface area contributed by atoms with E-state index in [1.165, 1.54) is 12.4 Å². The molecule has 1 aromatic heterocycles. The van der Waals surface area contributed by atoms with E-state index in [1.54, 1.807) is 13.0 Å². The van der Waals surface area contributed by atoms with Crippen LogP contribution in [0.5, 0.6) is 0 Å². The van der Waals surface area contributed by atoms with Gasteiger partial charge in [-0.1, -0.05) is 0 Å². The van der Waals surface area contributed by atoms with Gasteiger partial charge in [0, 0.05) is 18.4 Å². The summed E-state index contributed by atoms with van der Waals surface area (Å²) >= 11 is 0. The average Bonchev–Trinajstić information content (AvgIpc) is 2.33. The number of nitrogens with zero attached hydrogens (tertiary/aromatic N) is 1. The van der Waals surface area contributed by atoms with Crippen LogP contribution in [0.15, 0.2) is 18.5 Å². The Morgan fingerprint density at radius 2 is 2.18 bits per heavy atom. The van der Waals surface area contributed by atoms with Crippen molar-refractivity contribution in [3.8, 4) is 0 Å². The van der Waals surface area contributed by atoms with Crippen LogP contribution in [0.3, 0.4) is 0 Å². The van der Waals surface area contributed by atoms with Crippen molar-refractivity contribution in [1.29, 1.82) is 0 Å². The molecule has 0 amide bonds. The molecule has 62 valence electrons. The zero-order chi connectivity index (χ0) is 8.43. The van der Waals surface area contributed by atoms with Crippen LogP contribution in [0, 0.1) is 0 Å². The number of hydrogen-bond donors (Lipinski definition) is 1. The molecule has 0 saturated heterocycles. The largest absolute Gasteiger partial charge is 0.324 e. The Morgan fingerprint density at radius 3 is 2.45 bits per heavy atom. The standard InChI is InChI=1S/C7H10F2N2/c1-5(10)6-2-3-11(4-6)7(8)9/h2-5,7H,10H2,1H3. The van der Waals surface area contributed by atoms with Gasteiger partial charge in [0.05, 0.1) is 0 Å². The second kappa shape index (κ2) is 3.00. The molecule has 0 aliphatic heterocycles. The Kier molecular flexibility index (Phi) is 2.24. The Bertz CT molecular complexity index is 208. The van der Waals surface area contributed by atoms with Gasteiger partial charge in [0.25, 0.3) is 0 Å². The van der Waals surface area contributed by atoms with E-state index in [0.29, 0.717) is 0 Å². The van der Waals surface area contributed by atoms with Crippen LogP contribution in [-0.4, -0.2) is 4.57 Å². The summed E-state index contributed by atoms with van der Waals surface area (Å²) in [4.78, 5) is 0. The van der Waals surface area contributed by atoms with Crippen LogP contribution >= 0.6 is 0 Å². The minimum atomic E-state index is -2.47. The summed E-state index contributed by atoms with van der Waals surface area (Å²) in [7, 11) is 0. The molecule has 1 aromatic rings. The Labute approximate surface area is 63.6 Å². The van der Waals surface area contributed by atoms with E-state index in [0.717, 1.165) is 10.1 Å². The maximum absolute atomic E-state index is 12.0. The fraction of sp³-hybridized carbons (Fsp3) is 0.429. The molecule has 0 saturated carbocycles. The molecule has 2 nitrogen and oxygen atoms in total. The first-order valence-electron chi connectivity index (χ1n) is 3.32.